The third kappa shape index (κ3) is 7.93. The first-order chi connectivity index (χ1) is 19.6. The second-order valence-corrected chi connectivity index (χ2v) is 12.2. The van der Waals surface area contributed by atoms with Crippen molar-refractivity contribution < 1.29 is 36.6 Å². The summed E-state index contributed by atoms with van der Waals surface area (Å²) < 4.78 is 65.0. The number of carbonyl (C=O) groups is 2. The molecule has 42 heavy (non-hydrogen) atoms. The van der Waals surface area contributed by atoms with E-state index in [9.17, 15) is 22.8 Å². The average Bonchev–Trinajstić information content (AvgIpc) is 3.34. The molecule has 226 valence electrons. The van der Waals surface area contributed by atoms with Gasteiger partial charge in [0.15, 0.2) is 6.17 Å². The number of hydrogen-bond acceptors (Lipinski definition) is 8. The first-order valence-electron chi connectivity index (χ1n) is 13.2. The minimum atomic E-state index is -4.68. The third-order valence-electron chi connectivity index (χ3n) is 6.23. The highest BCUT2D eigenvalue weighted by Crippen LogP contribution is 2.32. The largest absolute Gasteiger partial charge is 0.487 e. The van der Waals surface area contributed by atoms with Gasteiger partial charge in [0.2, 0.25) is 5.82 Å². The number of aryl methyl sites for hydroxylation is 1. The number of hydrogen-bond donors (Lipinski definition) is 1. The minimum absolute atomic E-state index is 0.177. The number of halogens is 4. The Morgan fingerprint density at radius 2 is 1.79 bits per heavy atom. The molecule has 0 saturated carbocycles. The second kappa shape index (κ2) is 12.2. The molecule has 2 aromatic heterocycles. The number of ether oxygens (including phenoxy) is 2. The molecule has 1 aliphatic heterocycles. The van der Waals surface area contributed by atoms with E-state index in [1.54, 1.807) is 46.0 Å². The lowest BCUT2D eigenvalue weighted by molar-refractivity contribution is -0.145. The summed E-state index contributed by atoms with van der Waals surface area (Å²) in [6.45, 7) is 8.69. The van der Waals surface area contributed by atoms with Gasteiger partial charge in [-0.2, -0.15) is 13.2 Å². The predicted molar refractivity (Wildman–Crippen MR) is 147 cm³/mol. The van der Waals surface area contributed by atoms with E-state index < -0.39 is 47.9 Å². The van der Waals surface area contributed by atoms with E-state index in [2.05, 4.69) is 20.3 Å². The Labute approximate surface area is 244 Å². The summed E-state index contributed by atoms with van der Waals surface area (Å²) in [6.07, 6.45) is -3.76. The van der Waals surface area contributed by atoms with Crippen LogP contribution in [0.2, 0.25) is 0 Å². The van der Waals surface area contributed by atoms with Crippen molar-refractivity contribution in [3.05, 3.63) is 58.6 Å². The second-order valence-electron chi connectivity index (χ2n) is 10.9. The van der Waals surface area contributed by atoms with E-state index in [-0.39, 0.29) is 36.4 Å². The average molecular weight is 610 g/mol. The van der Waals surface area contributed by atoms with Gasteiger partial charge in [0.1, 0.15) is 22.5 Å². The van der Waals surface area contributed by atoms with Crippen LogP contribution in [0, 0.1) is 6.92 Å². The third-order valence-corrected chi connectivity index (χ3v) is 7.19. The predicted octanol–water partition coefficient (Wildman–Crippen LogP) is 6.14. The smallest absolute Gasteiger partial charge is 0.451 e. The van der Waals surface area contributed by atoms with Crippen LogP contribution in [-0.2, 0) is 10.9 Å². The first-order valence-corrected chi connectivity index (χ1v) is 14.0. The molecule has 14 heteroatoms. The fourth-order valence-corrected chi connectivity index (χ4v) is 4.92. The van der Waals surface area contributed by atoms with Crippen LogP contribution in [-0.4, -0.2) is 62.8 Å². The monoisotopic (exact) mass is 609 g/mol. The van der Waals surface area contributed by atoms with Crippen LogP contribution in [0.25, 0.3) is 10.6 Å². The molecule has 9 nitrogen and oxygen atoms in total. The van der Waals surface area contributed by atoms with Crippen molar-refractivity contribution in [1.29, 1.82) is 0 Å². The van der Waals surface area contributed by atoms with Crippen molar-refractivity contribution in [3.8, 4) is 16.3 Å². The Balaban J connectivity index is 1.52. The van der Waals surface area contributed by atoms with Gasteiger partial charge in [0, 0.05) is 53.1 Å². The van der Waals surface area contributed by atoms with E-state index in [0.29, 0.717) is 10.6 Å². The molecule has 1 aromatic carbocycles. The molecular formula is C28H31F4N5O4S. The maximum Gasteiger partial charge on any atom is 0.451 e. The molecule has 0 aliphatic carbocycles. The van der Waals surface area contributed by atoms with Crippen molar-refractivity contribution in [3.63, 3.8) is 0 Å². The van der Waals surface area contributed by atoms with Crippen LogP contribution < -0.4 is 10.1 Å². The molecule has 0 radical (unpaired) electrons. The number of likely N-dealkylation sites (tertiary alicyclic amines) is 1. The summed E-state index contributed by atoms with van der Waals surface area (Å²) in [5.41, 5.74) is 0.315. The van der Waals surface area contributed by atoms with E-state index in [1.165, 1.54) is 22.3 Å². The number of amides is 2. The van der Waals surface area contributed by atoms with E-state index in [4.69, 9.17) is 9.47 Å². The highest BCUT2D eigenvalue weighted by atomic mass is 32.1. The number of carbonyl (C=O) groups excluding carboxylic acids is 2. The van der Waals surface area contributed by atoms with Gasteiger partial charge in [-0.05, 0) is 52.8 Å². The van der Waals surface area contributed by atoms with Gasteiger partial charge in [-0.1, -0.05) is 0 Å². The number of nitrogens with one attached hydrogen (secondary N) is 1. The lowest BCUT2D eigenvalue weighted by Crippen LogP contribution is -2.50. The number of rotatable bonds is 6. The number of alkyl halides is 4. The molecule has 2 amide bonds. The molecule has 4 rings (SSSR count). The zero-order valence-corrected chi connectivity index (χ0v) is 24.5. The number of nitrogens with zero attached hydrogens (tertiary/aromatic N) is 4. The Morgan fingerprint density at radius 3 is 2.36 bits per heavy atom. The van der Waals surface area contributed by atoms with Gasteiger partial charge in [-0.25, -0.2) is 24.1 Å². The Bertz CT molecular complexity index is 1420. The molecule has 2 unspecified atom stereocenters. The number of benzene rings is 1. The van der Waals surface area contributed by atoms with Gasteiger partial charge >= 0.3 is 12.3 Å². The van der Waals surface area contributed by atoms with Gasteiger partial charge < -0.3 is 19.7 Å². The van der Waals surface area contributed by atoms with Crippen LogP contribution in [0.3, 0.4) is 0 Å². The fourth-order valence-electron chi connectivity index (χ4n) is 4.16. The number of aromatic nitrogens is 3. The van der Waals surface area contributed by atoms with Crippen LogP contribution in [0.1, 0.15) is 66.8 Å². The summed E-state index contributed by atoms with van der Waals surface area (Å²) in [6, 6.07) is 4.01. The quantitative estimate of drug-likeness (QED) is 0.335. The zero-order chi connectivity index (χ0) is 30.8. The van der Waals surface area contributed by atoms with Crippen LogP contribution in [0.15, 0.2) is 36.8 Å². The molecule has 3 aromatic rings. The normalized spacial score (nSPS) is 18.4. The van der Waals surface area contributed by atoms with Crippen LogP contribution in [0.4, 0.5) is 22.4 Å². The maximum absolute atomic E-state index is 15.2. The summed E-state index contributed by atoms with van der Waals surface area (Å²) in [7, 11) is 0. The van der Waals surface area contributed by atoms with E-state index >= 15 is 4.39 Å². The van der Waals surface area contributed by atoms with E-state index in [0.717, 1.165) is 17.3 Å². The standard InChI is InChI=1S/C28H31F4N5O4S/c1-15-11-33-24(42-15)18-8-17(23(38)36-16(2)19-12-34-25(35-13-19)28(30,31)32)9-20(10-18)40-22-6-7-37(14-21(22)29)26(39)41-27(3,4)5/h8-13,16,21-22H,6-7,14H2,1-5H3,(H,36,38)/t16-,21?,22?/m1/s1. The van der Waals surface area contributed by atoms with Gasteiger partial charge in [0.25, 0.3) is 5.91 Å². The summed E-state index contributed by atoms with van der Waals surface area (Å²) >= 11 is 1.40. The number of piperidine rings is 1. The zero-order valence-electron chi connectivity index (χ0n) is 23.7. The molecule has 3 atom stereocenters. The van der Waals surface area contributed by atoms with Crippen LogP contribution in [0.5, 0.6) is 5.75 Å². The Hall–Kier alpha value is -3.81. The first kappa shape index (κ1) is 31.1. The molecule has 3 heterocycles. The highest BCUT2D eigenvalue weighted by molar-refractivity contribution is 7.14. The number of thiazole rings is 1. The van der Waals surface area contributed by atoms with Crippen LogP contribution >= 0.6 is 11.3 Å². The van der Waals surface area contributed by atoms with Crippen molar-refractivity contribution in [2.45, 2.75) is 71.1 Å². The Kier molecular flexibility index (Phi) is 9.04. The summed E-state index contributed by atoms with van der Waals surface area (Å²) in [5.74, 6) is -1.59. The fraction of sp³-hybridized carbons (Fsp3) is 0.464. The molecule has 0 bridgehead atoms. The molecule has 1 saturated heterocycles. The SMILES string of the molecule is Cc1cnc(-c2cc(OC3CCN(C(=O)OC(C)(C)C)CC3F)cc(C(=O)N[C@H](C)c3cnc(C(F)(F)F)nc3)c2)s1. The summed E-state index contributed by atoms with van der Waals surface area (Å²) in [5, 5.41) is 3.34. The lowest BCUT2D eigenvalue weighted by atomic mass is 10.1. The van der Waals surface area contributed by atoms with Crippen molar-refractivity contribution in [2.24, 2.45) is 0 Å². The molecule has 1 N–H and O–H groups in total. The van der Waals surface area contributed by atoms with Gasteiger partial charge in [-0.3, -0.25) is 4.79 Å². The van der Waals surface area contributed by atoms with Gasteiger partial charge in [0.05, 0.1) is 12.6 Å². The Morgan fingerprint density at radius 1 is 1.10 bits per heavy atom. The molecule has 0 spiro atoms. The maximum atomic E-state index is 15.2. The summed E-state index contributed by atoms with van der Waals surface area (Å²) in [4.78, 5) is 38.9. The van der Waals surface area contributed by atoms with Crippen molar-refractivity contribution in [2.75, 3.05) is 13.1 Å². The lowest BCUT2D eigenvalue weighted by Gasteiger charge is -2.35. The van der Waals surface area contributed by atoms with Crippen molar-refractivity contribution in [1.82, 2.24) is 25.2 Å². The van der Waals surface area contributed by atoms with E-state index in [1.807, 2.05) is 6.92 Å². The topological polar surface area (TPSA) is 107 Å². The highest BCUT2D eigenvalue weighted by Gasteiger charge is 2.36. The minimum Gasteiger partial charge on any atom is -0.487 e. The molecule has 1 fully saturated rings. The van der Waals surface area contributed by atoms with Gasteiger partial charge in [-0.15, -0.1) is 11.3 Å². The van der Waals surface area contributed by atoms with Crippen molar-refractivity contribution >= 4 is 23.3 Å². The molecule has 1 aliphatic rings. The molecular weight excluding hydrogens is 578 g/mol.